The molecule has 0 aromatic rings. The molecule has 0 spiro atoms. The Morgan fingerprint density at radius 3 is 2.33 bits per heavy atom. The Hall–Kier alpha value is -0.730. The van der Waals surface area contributed by atoms with Gasteiger partial charge in [-0.2, -0.15) is 0 Å². The van der Waals surface area contributed by atoms with E-state index in [0.29, 0.717) is 19.1 Å². The van der Waals surface area contributed by atoms with Crippen molar-refractivity contribution in [1.29, 1.82) is 0 Å². The zero-order chi connectivity index (χ0) is 11.5. The molecular weight excluding hydrogens is 192 g/mol. The molecule has 0 saturated carbocycles. The Kier molecular flexibility index (Phi) is 9.33. The summed E-state index contributed by atoms with van der Waals surface area (Å²) in [7, 11) is 0. The molecule has 0 heterocycles. The van der Waals surface area contributed by atoms with Crippen LogP contribution in [0, 0.1) is 5.92 Å². The molecule has 0 aliphatic heterocycles. The topological polar surface area (TPSA) is 35.5 Å². The average Bonchev–Trinajstić information content (AvgIpc) is 2.20. The van der Waals surface area contributed by atoms with E-state index < -0.39 is 6.16 Å². The summed E-state index contributed by atoms with van der Waals surface area (Å²) < 4.78 is 9.78. The van der Waals surface area contributed by atoms with Crippen molar-refractivity contribution in [3.05, 3.63) is 0 Å². The lowest BCUT2D eigenvalue weighted by Crippen LogP contribution is -2.12. The summed E-state index contributed by atoms with van der Waals surface area (Å²) in [6.45, 7) is 7.10. The molecule has 0 aromatic heterocycles. The Balaban J connectivity index is 3.17. The van der Waals surface area contributed by atoms with E-state index in [-0.39, 0.29) is 0 Å². The van der Waals surface area contributed by atoms with E-state index >= 15 is 0 Å². The SMILES string of the molecule is CCCCCCCOC(=O)OCC(C)C. The van der Waals surface area contributed by atoms with Gasteiger partial charge >= 0.3 is 6.16 Å². The van der Waals surface area contributed by atoms with Crippen LogP contribution in [0.2, 0.25) is 0 Å². The summed E-state index contributed by atoms with van der Waals surface area (Å²) in [6.07, 6.45) is 5.26. The fourth-order valence-electron chi connectivity index (χ4n) is 1.14. The van der Waals surface area contributed by atoms with E-state index in [9.17, 15) is 4.79 Å². The molecular formula is C12H24O3. The quantitative estimate of drug-likeness (QED) is 0.457. The van der Waals surface area contributed by atoms with Gasteiger partial charge in [-0.15, -0.1) is 0 Å². The summed E-state index contributed by atoms with van der Waals surface area (Å²) in [6, 6.07) is 0. The number of ether oxygens (including phenoxy) is 2. The highest BCUT2D eigenvalue weighted by molar-refractivity contribution is 5.59. The largest absolute Gasteiger partial charge is 0.508 e. The minimum absolute atomic E-state index is 0.363. The van der Waals surface area contributed by atoms with Crippen LogP contribution in [-0.2, 0) is 9.47 Å². The van der Waals surface area contributed by atoms with E-state index in [1.165, 1.54) is 19.3 Å². The second-order valence-electron chi connectivity index (χ2n) is 4.22. The molecule has 0 aliphatic carbocycles. The lowest BCUT2D eigenvalue weighted by molar-refractivity contribution is 0.0465. The summed E-state index contributed by atoms with van der Waals surface area (Å²) in [5, 5.41) is 0. The van der Waals surface area contributed by atoms with Gasteiger partial charge in [-0.05, 0) is 12.3 Å². The van der Waals surface area contributed by atoms with Crippen LogP contribution in [0.25, 0.3) is 0 Å². The van der Waals surface area contributed by atoms with E-state index in [1.807, 2.05) is 13.8 Å². The van der Waals surface area contributed by atoms with E-state index in [2.05, 4.69) is 6.92 Å². The monoisotopic (exact) mass is 216 g/mol. The van der Waals surface area contributed by atoms with Crippen LogP contribution in [0.3, 0.4) is 0 Å². The van der Waals surface area contributed by atoms with Gasteiger partial charge in [0.2, 0.25) is 0 Å². The maximum atomic E-state index is 11.0. The van der Waals surface area contributed by atoms with Crippen LogP contribution in [0.1, 0.15) is 52.9 Å². The van der Waals surface area contributed by atoms with E-state index in [0.717, 1.165) is 12.8 Å². The molecule has 0 saturated heterocycles. The first-order valence-electron chi connectivity index (χ1n) is 5.96. The lowest BCUT2D eigenvalue weighted by atomic mass is 10.2. The first-order valence-corrected chi connectivity index (χ1v) is 5.96. The normalized spacial score (nSPS) is 10.4. The maximum Gasteiger partial charge on any atom is 0.508 e. The lowest BCUT2D eigenvalue weighted by Gasteiger charge is -2.07. The van der Waals surface area contributed by atoms with Crippen molar-refractivity contribution < 1.29 is 14.3 Å². The Morgan fingerprint density at radius 2 is 1.73 bits per heavy atom. The van der Waals surface area contributed by atoms with Crippen LogP contribution in [0.4, 0.5) is 4.79 Å². The first kappa shape index (κ1) is 14.3. The summed E-state index contributed by atoms with van der Waals surface area (Å²) in [5.74, 6) is 0.363. The molecule has 0 aromatic carbocycles. The molecule has 15 heavy (non-hydrogen) atoms. The van der Waals surface area contributed by atoms with Crippen LogP contribution in [-0.4, -0.2) is 19.4 Å². The van der Waals surface area contributed by atoms with Crippen molar-refractivity contribution in [3.63, 3.8) is 0 Å². The molecule has 0 N–H and O–H groups in total. The smallest absolute Gasteiger partial charge is 0.434 e. The summed E-state index contributed by atoms with van der Waals surface area (Å²) in [5.41, 5.74) is 0. The minimum atomic E-state index is -0.529. The van der Waals surface area contributed by atoms with Crippen molar-refractivity contribution in [2.45, 2.75) is 52.9 Å². The minimum Gasteiger partial charge on any atom is -0.434 e. The van der Waals surface area contributed by atoms with E-state index in [1.54, 1.807) is 0 Å². The molecule has 0 atom stereocenters. The first-order chi connectivity index (χ1) is 7.16. The molecule has 0 unspecified atom stereocenters. The number of carbonyl (C=O) groups is 1. The second kappa shape index (κ2) is 9.81. The van der Waals surface area contributed by atoms with Crippen molar-refractivity contribution in [2.24, 2.45) is 5.92 Å². The second-order valence-corrected chi connectivity index (χ2v) is 4.22. The predicted octanol–water partition coefficient (Wildman–Crippen LogP) is 3.77. The number of hydrogen-bond acceptors (Lipinski definition) is 3. The molecule has 3 heteroatoms. The molecule has 0 aliphatic rings. The Morgan fingerprint density at radius 1 is 1.07 bits per heavy atom. The number of rotatable bonds is 8. The fraction of sp³-hybridized carbons (Fsp3) is 0.917. The predicted molar refractivity (Wildman–Crippen MR) is 60.9 cm³/mol. The van der Waals surface area contributed by atoms with E-state index in [4.69, 9.17) is 9.47 Å². The maximum absolute atomic E-state index is 11.0. The molecule has 0 fully saturated rings. The van der Waals surface area contributed by atoms with Gasteiger partial charge in [0.1, 0.15) is 0 Å². The molecule has 0 rings (SSSR count). The number of carbonyl (C=O) groups excluding carboxylic acids is 1. The van der Waals surface area contributed by atoms with Gasteiger partial charge in [0.05, 0.1) is 13.2 Å². The third-order valence-electron chi connectivity index (χ3n) is 2.00. The molecule has 3 nitrogen and oxygen atoms in total. The van der Waals surface area contributed by atoms with Gasteiger partial charge in [0, 0.05) is 0 Å². The van der Waals surface area contributed by atoms with Crippen LogP contribution >= 0.6 is 0 Å². The zero-order valence-electron chi connectivity index (χ0n) is 10.3. The molecule has 0 radical (unpaired) electrons. The molecule has 0 amide bonds. The van der Waals surface area contributed by atoms with Crippen molar-refractivity contribution in [1.82, 2.24) is 0 Å². The van der Waals surface area contributed by atoms with Crippen molar-refractivity contribution >= 4 is 6.16 Å². The van der Waals surface area contributed by atoms with Crippen molar-refractivity contribution in [2.75, 3.05) is 13.2 Å². The molecule has 90 valence electrons. The average molecular weight is 216 g/mol. The van der Waals surface area contributed by atoms with Gasteiger partial charge in [-0.1, -0.05) is 46.5 Å². The molecule has 0 bridgehead atoms. The fourth-order valence-corrected chi connectivity index (χ4v) is 1.14. The Bertz CT molecular complexity index is 155. The standard InChI is InChI=1S/C12H24O3/c1-4-5-6-7-8-9-14-12(13)15-10-11(2)3/h11H,4-10H2,1-3H3. The summed E-state index contributed by atoms with van der Waals surface area (Å²) in [4.78, 5) is 11.0. The van der Waals surface area contributed by atoms with Gasteiger partial charge in [-0.3, -0.25) is 0 Å². The van der Waals surface area contributed by atoms with Crippen LogP contribution in [0.5, 0.6) is 0 Å². The van der Waals surface area contributed by atoms with Gasteiger partial charge in [0.15, 0.2) is 0 Å². The highest BCUT2D eigenvalue weighted by Crippen LogP contribution is 2.03. The summed E-state index contributed by atoms with van der Waals surface area (Å²) >= 11 is 0. The third kappa shape index (κ3) is 11.2. The van der Waals surface area contributed by atoms with Crippen LogP contribution in [0.15, 0.2) is 0 Å². The Labute approximate surface area is 93.1 Å². The van der Waals surface area contributed by atoms with Gasteiger partial charge in [0.25, 0.3) is 0 Å². The number of unbranched alkanes of at least 4 members (excludes halogenated alkanes) is 4. The van der Waals surface area contributed by atoms with Gasteiger partial charge < -0.3 is 9.47 Å². The third-order valence-corrected chi connectivity index (χ3v) is 2.00. The number of hydrogen-bond donors (Lipinski definition) is 0. The highest BCUT2D eigenvalue weighted by Gasteiger charge is 2.04. The highest BCUT2D eigenvalue weighted by atomic mass is 16.7. The zero-order valence-corrected chi connectivity index (χ0v) is 10.3. The van der Waals surface area contributed by atoms with Crippen LogP contribution < -0.4 is 0 Å². The van der Waals surface area contributed by atoms with Crippen molar-refractivity contribution in [3.8, 4) is 0 Å². The van der Waals surface area contributed by atoms with Gasteiger partial charge in [-0.25, -0.2) is 4.79 Å².